The van der Waals surface area contributed by atoms with Crippen molar-refractivity contribution >= 4 is 39.6 Å². The first kappa shape index (κ1) is 19.8. The fourth-order valence-corrected chi connectivity index (χ4v) is 5.32. The number of amides is 1. The number of anilines is 1. The summed E-state index contributed by atoms with van der Waals surface area (Å²) in [7, 11) is 0. The van der Waals surface area contributed by atoms with Crippen LogP contribution >= 0.6 is 22.7 Å². The fourth-order valence-electron chi connectivity index (χ4n) is 3.53. The lowest BCUT2D eigenvalue weighted by Crippen LogP contribution is -2.37. The Bertz CT molecular complexity index is 1010. The molecule has 1 N–H and O–H groups in total. The molecule has 0 saturated carbocycles. The third-order valence-electron chi connectivity index (χ3n) is 4.89. The second-order valence-corrected chi connectivity index (χ2v) is 8.66. The number of thiophene rings is 2. The molecule has 0 spiro atoms. The summed E-state index contributed by atoms with van der Waals surface area (Å²) in [6, 6.07) is 12.3. The van der Waals surface area contributed by atoms with Gasteiger partial charge in [-0.25, -0.2) is 4.79 Å². The van der Waals surface area contributed by atoms with Gasteiger partial charge in [-0.15, -0.1) is 22.7 Å². The SMILES string of the molecule is CCOC(=O)c1c(-c2cccs2)csc1NC(=O)CN1CCc2ccccc2C1. The van der Waals surface area contributed by atoms with Crippen LogP contribution in [0.15, 0.2) is 47.2 Å². The molecule has 29 heavy (non-hydrogen) atoms. The zero-order chi connectivity index (χ0) is 20.2. The van der Waals surface area contributed by atoms with E-state index in [1.807, 2.05) is 29.0 Å². The van der Waals surface area contributed by atoms with Crippen LogP contribution in [0.2, 0.25) is 0 Å². The number of benzene rings is 1. The Morgan fingerprint density at radius 3 is 2.72 bits per heavy atom. The second-order valence-electron chi connectivity index (χ2n) is 6.83. The molecule has 1 amide bonds. The molecule has 1 aliphatic rings. The first-order chi connectivity index (χ1) is 14.2. The molecule has 0 unspecified atom stereocenters. The second kappa shape index (κ2) is 8.90. The molecule has 0 bridgehead atoms. The van der Waals surface area contributed by atoms with E-state index < -0.39 is 5.97 Å². The molecule has 0 saturated heterocycles. The van der Waals surface area contributed by atoms with Gasteiger partial charge in [0.15, 0.2) is 0 Å². The number of fused-ring (bicyclic) bond motifs is 1. The third-order valence-corrected chi connectivity index (χ3v) is 6.69. The van der Waals surface area contributed by atoms with E-state index >= 15 is 0 Å². The van der Waals surface area contributed by atoms with Crippen LogP contribution in [0.25, 0.3) is 10.4 Å². The van der Waals surface area contributed by atoms with Gasteiger partial charge in [-0.2, -0.15) is 0 Å². The van der Waals surface area contributed by atoms with Crippen molar-refractivity contribution in [1.29, 1.82) is 0 Å². The number of rotatable bonds is 6. The van der Waals surface area contributed by atoms with Crippen LogP contribution in [0.3, 0.4) is 0 Å². The van der Waals surface area contributed by atoms with Gasteiger partial charge < -0.3 is 10.1 Å². The summed E-state index contributed by atoms with van der Waals surface area (Å²) < 4.78 is 5.25. The quantitative estimate of drug-likeness (QED) is 0.583. The Morgan fingerprint density at radius 1 is 1.14 bits per heavy atom. The number of hydrogen-bond donors (Lipinski definition) is 1. The Morgan fingerprint density at radius 2 is 1.97 bits per heavy atom. The summed E-state index contributed by atoms with van der Waals surface area (Å²) in [5.74, 6) is -0.520. The zero-order valence-electron chi connectivity index (χ0n) is 16.1. The number of ether oxygens (including phenoxy) is 1. The highest BCUT2D eigenvalue weighted by Crippen LogP contribution is 2.38. The number of nitrogens with zero attached hydrogens (tertiary/aromatic N) is 1. The van der Waals surface area contributed by atoms with Gasteiger partial charge in [-0.05, 0) is 35.9 Å². The minimum atomic E-state index is -0.403. The molecule has 5 nitrogen and oxygen atoms in total. The average Bonchev–Trinajstić information content (AvgIpc) is 3.37. The Kier molecular flexibility index (Phi) is 6.08. The van der Waals surface area contributed by atoms with Crippen molar-refractivity contribution in [2.45, 2.75) is 19.9 Å². The molecule has 4 rings (SSSR count). The molecular weight excluding hydrogens is 404 g/mol. The van der Waals surface area contributed by atoms with E-state index in [4.69, 9.17) is 4.74 Å². The van der Waals surface area contributed by atoms with Crippen LogP contribution in [0, 0.1) is 0 Å². The Hall–Kier alpha value is -2.48. The molecule has 3 heterocycles. The highest BCUT2D eigenvalue weighted by molar-refractivity contribution is 7.17. The molecule has 7 heteroatoms. The van der Waals surface area contributed by atoms with Crippen LogP contribution in [0.4, 0.5) is 5.00 Å². The highest BCUT2D eigenvalue weighted by atomic mass is 32.1. The summed E-state index contributed by atoms with van der Waals surface area (Å²) in [6.07, 6.45) is 0.944. The van der Waals surface area contributed by atoms with Gasteiger partial charge in [0.2, 0.25) is 5.91 Å². The summed E-state index contributed by atoms with van der Waals surface area (Å²) >= 11 is 2.92. The maximum Gasteiger partial charge on any atom is 0.341 e. The van der Waals surface area contributed by atoms with E-state index in [2.05, 4.69) is 28.4 Å². The van der Waals surface area contributed by atoms with Gasteiger partial charge in [-0.1, -0.05) is 30.3 Å². The minimum Gasteiger partial charge on any atom is -0.462 e. The van der Waals surface area contributed by atoms with E-state index in [1.165, 1.54) is 22.5 Å². The van der Waals surface area contributed by atoms with Gasteiger partial charge in [0.25, 0.3) is 0 Å². The normalized spacial score (nSPS) is 13.7. The van der Waals surface area contributed by atoms with Crippen molar-refractivity contribution < 1.29 is 14.3 Å². The van der Waals surface area contributed by atoms with E-state index in [0.29, 0.717) is 23.7 Å². The molecule has 150 valence electrons. The lowest BCUT2D eigenvalue weighted by molar-refractivity contribution is -0.117. The van der Waals surface area contributed by atoms with Gasteiger partial charge >= 0.3 is 5.97 Å². The van der Waals surface area contributed by atoms with Gasteiger partial charge in [-0.3, -0.25) is 9.69 Å². The smallest absolute Gasteiger partial charge is 0.341 e. The molecular formula is C22H22N2O3S2. The highest BCUT2D eigenvalue weighted by Gasteiger charge is 2.24. The first-order valence-corrected chi connectivity index (χ1v) is 11.3. The predicted molar refractivity (Wildman–Crippen MR) is 118 cm³/mol. The monoisotopic (exact) mass is 426 g/mol. The van der Waals surface area contributed by atoms with Crippen LogP contribution in [0.5, 0.6) is 0 Å². The van der Waals surface area contributed by atoms with Gasteiger partial charge in [0, 0.05) is 28.9 Å². The number of esters is 1. The number of hydrogen-bond acceptors (Lipinski definition) is 6. The lowest BCUT2D eigenvalue weighted by atomic mass is 10.00. The van der Waals surface area contributed by atoms with Crippen molar-refractivity contribution in [2.75, 3.05) is 25.0 Å². The van der Waals surface area contributed by atoms with Crippen molar-refractivity contribution in [2.24, 2.45) is 0 Å². The standard InChI is InChI=1S/C22H22N2O3S2/c1-2-27-22(26)20-17(18-8-5-11-28-18)14-29-21(20)23-19(25)13-24-10-9-15-6-3-4-7-16(15)12-24/h3-8,11,14H,2,9-10,12-13H2,1H3,(H,23,25). The van der Waals surface area contributed by atoms with E-state index in [1.54, 1.807) is 18.3 Å². The summed E-state index contributed by atoms with van der Waals surface area (Å²) in [5.41, 5.74) is 3.88. The number of carbonyl (C=O) groups excluding carboxylic acids is 2. The Balaban J connectivity index is 1.49. The Labute approximate surface area is 177 Å². The van der Waals surface area contributed by atoms with Crippen LogP contribution < -0.4 is 5.32 Å². The van der Waals surface area contributed by atoms with E-state index in [-0.39, 0.29) is 5.91 Å². The topological polar surface area (TPSA) is 58.6 Å². The zero-order valence-corrected chi connectivity index (χ0v) is 17.8. The van der Waals surface area contributed by atoms with Crippen molar-refractivity contribution in [3.63, 3.8) is 0 Å². The molecule has 2 aromatic heterocycles. The molecule has 1 aliphatic heterocycles. The van der Waals surface area contributed by atoms with Crippen molar-refractivity contribution in [3.05, 3.63) is 63.8 Å². The fraction of sp³-hybridized carbons (Fsp3) is 0.273. The van der Waals surface area contributed by atoms with E-state index in [9.17, 15) is 9.59 Å². The molecule has 0 fully saturated rings. The van der Waals surface area contributed by atoms with Gasteiger partial charge in [0.1, 0.15) is 10.6 Å². The summed E-state index contributed by atoms with van der Waals surface area (Å²) in [5, 5.41) is 7.37. The molecule has 0 radical (unpaired) electrons. The molecule has 0 aliphatic carbocycles. The summed E-state index contributed by atoms with van der Waals surface area (Å²) in [6.45, 7) is 3.97. The summed E-state index contributed by atoms with van der Waals surface area (Å²) in [4.78, 5) is 28.4. The number of nitrogens with one attached hydrogen (secondary N) is 1. The molecule has 0 atom stereocenters. The van der Waals surface area contributed by atoms with Crippen molar-refractivity contribution in [1.82, 2.24) is 4.90 Å². The third kappa shape index (κ3) is 4.42. The average molecular weight is 427 g/mol. The maximum absolute atomic E-state index is 12.7. The van der Waals surface area contributed by atoms with Crippen molar-refractivity contribution in [3.8, 4) is 10.4 Å². The first-order valence-electron chi connectivity index (χ1n) is 9.57. The lowest BCUT2D eigenvalue weighted by Gasteiger charge is -2.28. The number of carbonyl (C=O) groups is 2. The molecule has 3 aromatic rings. The van der Waals surface area contributed by atoms with Gasteiger partial charge in [0.05, 0.1) is 13.2 Å². The molecule has 1 aromatic carbocycles. The van der Waals surface area contributed by atoms with Crippen LogP contribution in [-0.2, 0) is 22.5 Å². The van der Waals surface area contributed by atoms with Crippen LogP contribution in [-0.4, -0.2) is 36.5 Å². The predicted octanol–water partition coefficient (Wildman–Crippen LogP) is 4.65. The van der Waals surface area contributed by atoms with E-state index in [0.717, 1.165) is 30.0 Å². The largest absolute Gasteiger partial charge is 0.462 e. The maximum atomic E-state index is 12.7. The van der Waals surface area contributed by atoms with Crippen LogP contribution in [0.1, 0.15) is 28.4 Å². The minimum absolute atomic E-state index is 0.116.